The number of hydrogen-bond acceptors (Lipinski definition) is 9. The highest BCUT2D eigenvalue weighted by atomic mass is 35.5. The van der Waals surface area contributed by atoms with E-state index in [1.165, 1.54) is 12.1 Å². The van der Waals surface area contributed by atoms with Crippen LogP contribution in [-0.2, 0) is 16.1 Å². The molecule has 3 aromatic rings. The second-order valence-corrected chi connectivity index (χ2v) is 8.39. The number of nitrogens with two attached hydrogens (primary N) is 2. The van der Waals surface area contributed by atoms with Crippen LogP contribution in [0, 0.1) is 0 Å². The van der Waals surface area contributed by atoms with Gasteiger partial charge in [-0.25, -0.2) is 14.8 Å². The van der Waals surface area contributed by atoms with Gasteiger partial charge in [-0.05, 0) is 30.7 Å². The van der Waals surface area contributed by atoms with Crippen molar-refractivity contribution in [3.8, 4) is 0 Å². The number of aliphatic carboxylic acids is 2. The van der Waals surface area contributed by atoms with Crippen molar-refractivity contribution in [1.82, 2.24) is 20.3 Å². The zero-order valence-corrected chi connectivity index (χ0v) is 19.8. The number of pyridine rings is 1. The molecule has 35 heavy (non-hydrogen) atoms. The largest absolute Gasteiger partial charge is 0.481 e. The molecule has 0 aliphatic heterocycles. The molecule has 7 N–H and O–H groups in total. The van der Waals surface area contributed by atoms with E-state index in [0.29, 0.717) is 22.4 Å². The molecule has 0 saturated heterocycles. The summed E-state index contributed by atoms with van der Waals surface area (Å²) in [5.41, 5.74) is 13.4. The summed E-state index contributed by atoms with van der Waals surface area (Å²) in [6.07, 6.45) is -0.698. The van der Waals surface area contributed by atoms with E-state index >= 15 is 0 Å². The maximum absolute atomic E-state index is 12.6. The first-order chi connectivity index (χ1) is 16.5. The van der Waals surface area contributed by atoms with Crippen LogP contribution in [0.15, 0.2) is 24.3 Å². The van der Waals surface area contributed by atoms with Crippen LogP contribution in [0.2, 0.25) is 10.0 Å². The molecule has 0 saturated carbocycles. The smallest absolute Gasteiger partial charge is 0.326 e. The second kappa shape index (κ2) is 10.6. The van der Waals surface area contributed by atoms with Gasteiger partial charge in [0.25, 0.3) is 5.91 Å². The van der Waals surface area contributed by atoms with Crippen molar-refractivity contribution in [1.29, 1.82) is 0 Å². The summed E-state index contributed by atoms with van der Waals surface area (Å²) in [6.45, 7) is 0.265. The number of nitrogens with zero attached hydrogens (tertiary/aromatic N) is 4. The number of hydrogen-bond donors (Lipinski definition) is 5. The molecule has 0 fully saturated rings. The molecule has 12 nitrogen and oxygen atoms in total. The first kappa shape index (κ1) is 25.7. The molecule has 1 atom stereocenters. The Bertz CT molecular complexity index is 1300. The molecule has 14 heteroatoms. The summed E-state index contributed by atoms with van der Waals surface area (Å²) in [4.78, 5) is 48.8. The summed E-state index contributed by atoms with van der Waals surface area (Å²) in [6, 6.07) is 4.74. The summed E-state index contributed by atoms with van der Waals surface area (Å²) >= 11 is 12.8. The van der Waals surface area contributed by atoms with E-state index in [0.717, 1.165) is 0 Å². The molecule has 0 spiro atoms. The van der Waals surface area contributed by atoms with Gasteiger partial charge in [0.15, 0.2) is 5.82 Å². The van der Waals surface area contributed by atoms with Gasteiger partial charge in [0.1, 0.15) is 11.6 Å². The SMILES string of the molecule is CN(Cc1ccc2nc(N)nc(N)c2n1)c1c(Cl)cc(C(=O)NC(CCC(=O)O)C(=O)O)cc1Cl. The van der Waals surface area contributed by atoms with Crippen molar-refractivity contribution in [2.45, 2.75) is 25.4 Å². The Balaban J connectivity index is 1.80. The maximum Gasteiger partial charge on any atom is 0.326 e. The van der Waals surface area contributed by atoms with Gasteiger partial charge in [0, 0.05) is 19.0 Å². The molecule has 0 aliphatic carbocycles. The fraction of sp³-hybridized carbons (Fsp3) is 0.238. The lowest BCUT2D eigenvalue weighted by molar-refractivity contribution is -0.140. The first-order valence-corrected chi connectivity index (χ1v) is 10.9. The van der Waals surface area contributed by atoms with E-state index < -0.39 is 30.3 Å². The van der Waals surface area contributed by atoms with Crippen LogP contribution in [0.3, 0.4) is 0 Å². The highest BCUT2D eigenvalue weighted by molar-refractivity contribution is 6.39. The number of carbonyl (C=O) groups is 3. The number of nitrogen functional groups attached to an aromatic ring is 2. The van der Waals surface area contributed by atoms with Gasteiger partial charge in [-0.3, -0.25) is 9.59 Å². The van der Waals surface area contributed by atoms with Crippen molar-refractivity contribution in [2.75, 3.05) is 23.4 Å². The minimum Gasteiger partial charge on any atom is -0.481 e. The number of benzene rings is 1. The van der Waals surface area contributed by atoms with Gasteiger partial charge in [-0.2, -0.15) is 4.98 Å². The normalized spacial score (nSPS) is 11.7. The average molecular weight is 522 g/mol. The predicted molar refractivity (Wildman–Crippen MR) is 130 cm³/mol. The first-order valence-electron chi connectivity index (χ1n) is 10.1. The average Bonchev–Trinajstić information content (AvgIpc) is 2.75. The van der Waals surface area contributed by atoms with E-state index in [2.05, 4.69) is 20.3 Å². The second-order valence-electron chi connectivity index (χ2n) is 7.58. The molecule has 184 valence electrons. The van der Waals surface area contributed by atoms with Gasteiger partial charge in [-0.1, -0.05) is 23.2 Å². The van der Waals surface area contributed by atoms with Crippen molar-refractivity contribution < 1.29 is 24.6 Å². The van der Waals surface area contributed by atoms with E-state index in [9.17, 15) is 19.5 Å². The topological polar surface area (TPSA) is 198 Å². The van der Waals surface area contributed by atoms with Crippen LogP contribution in [0.4, 0.5) is 17.5 Å². The number of halogens is 2. The molecular formula is C21H21Cl2N7O5. The fourth-order valence-electron chi connectivity index (χ4n) is 3.33. The zero-order valence-electron chi connectivity index (χ0n) is 18.3. The minimum atomic E-state index is -1.38. The Kier molecular flexibility index (Phi) is 7.77. The predicted octanol–water partition coefficient (Wildman–Crippen LogP) is 2.18. The molecule has 1 amide bonds. The number of amides is 1. The highest BCUT2D eigenvalue weighted by Gasteiger charge is 2.23. The van der Waals surface area contributed by atoms with Crippen molar-refractivity contribution in [2.24, 2.45) is 0 Å². The Hall–Kier alpha value is -3.90. The highest BCUT2D eigenvalue weighted by Crippen LogP contribution is 2.35. The van der Waals surface area contributed by atoms with Crippen LogP contribution in [0.1, 0.15) is 28.9 Å². The summed E-state index contributed by atoms with van der Waals surface area (Å²) in [5.74, 6) is -3.10. The lowest BCUT2D eigenvalue weighted by Crippen LogP contribution is -2.41. The van der Waals surface area contributed by atoms with Crippen LogP contribution >= 0.6 is 23.2 Å². The molecule has 0 bridgehead atoms. The van der Waals surface area contributed by atoms with Crippen molar-refractivity contribution >= 4 is 69.5 Å². The molecule has 0 radical (unpaired) electrons. The molecule has 2 aromatic heterocycles. The number of carboxylic acid groups (broad SMARTS) is 2. The lowest BCUT2D eigenvalue weighted by Gasteiger charge is -2.22. The number of fused-ring (bicyclic) bond motifs is 1. The summed E-state index contributed by atoms with van der Waals surface area (Å²) in [5, 5.41) is 20.6. The number of anilines is 3. The van der Waals surface area contributed by atoms with Crippen molar-refractivity contribution in [3.05, 3.63) is 45.6 Å². The number of carboxylic acids is 2. The zero-order chi connectivity index (χ0) is 25.9. The molecule has 3 rings (SSSR count). The molecular weight excluding hydrogens is 501 g/mol. The van der Waals surface area contributed by atoms with E-state index in [1.54, 1.807) is 24.1 Å². The standard InChI is InChI=1S/C21H21Cl2N7O5/c1-30(8-10-2-3-13-16(26-10)18(24)29-21(25)28-13)17-11(22)6-9(7-12(17)23)19(33)27-14(20(34)35)4-5-15(31)32/h2-3,6-7,14H,4-5,8H2,1H3,(H,27,33)(H,31,32)(H,34,35)(H4,24,25,28,29). The van der Waals surface area contributed by atoms with Gasteiger partial charge in [0.05, 0.1) is 33.5 Å². The third-order valence-electron chi connectivity index (χ3n) is 4.95. The Morgan fingerprint density at radius 3 is 2.34 bits per heavy atom. The fourth-order valence-corrected chi connectivity index (χ4v) is 4.11. The lowest BCUT2D eigenvalue weighted by atomic mass is 10.1. The molecule has 2 heterocycles. The maximum atomic E-state index is 12.6. The van der Waals surface area contributed by atoms with Gasteiger partial charge < -0.3 is 31.9 Å². The number of rotatable bonds is 9. The van der Waals surface area contributed by atoms with Gasteiger partial charge >= 0.3 is 11.9 Å². The Morgan fingerprint density at radius 1 is 1.09 bits per heavy atom. The molecule has 0 aliphatic rings. The molecule has 1 unspecified atom stereocenters. The quantitative estimate of drug-likeness (QED) is 0.276. The van der Waals surface area contributed by atoms with E-state index in [1.807, 2.05) is 0 Å². The third kappa shape index (κ3) is 6.16. The van der Waals surface area contributed by atoms with Gasteiger partial charge in [0.2, 0.25) is 5.95 Å². The molecule has 1 aromatic carbocycles. The van der Waals surface area contributed by atoms with Gasteiger partial charge in [-0.15, -0.1) is 0 Å². The number of aromatic nitrogens is 3. The summed E-state index contributed by atoms with van der Waals surface area (Å²) < 4.78 is 0. The van der Waals surface area contributed by atoms with E-state index in [-0.39, 0.29) is 40.3 Å². The number of nitrogens with one attached hydrogen (secondary N) is 1. The van der Waals surface area contributed by atoms with E-state index in [4.69, 9.17) is 39.8 Å². The van der Waals surface area contributed by atoms with Crippen LogP contribution in [0.25, 0.3) is 11.0 Å². The van der Waals surface area contributed by atoms with Crippen molar-refractivity contribution in [3.63, 3.8) is 0 Å². The monoisotopic (exact) mass is 521 g/mol. The third-order valence-corrected chi connectivity index (χ3v) is 5.53. The van der Waals surface area contributed by atoms with Crippen LogP contribution < -0.4 is 21.7 Å². The summed E-state index contributed by atoms with van der Waals surface area (Å²) in [7, 11) is 1.72. The number of carbonyl (C=O) groups excluding carboxylic acids is 1. The van der Waals surface area contributed by atoms with Crippen LogP contribution in [0.5, 0.6) is 0 Å². The van der Waals surface area contributed by atoms with Crippen LogP contribution in [-0.4, -0.2) is 56.1 Å². The Labute approximate surface area is 208 Å². The Morgan fingerprint density at radius 2 is 1.74 bits per heavy atom. The minimum absolute atomic E-state index is 0.0186.